The van der Waals surface area contributed by atoms with Crippen LogP contribution in [0.2, 0.25) is 0 Å². The smallest absolute Gasteiger partial charge is 0.239 e. The lowest BCUT2D eigenvalue weighted by molar-refractivity contribution is -0.258. The normalized spacial score (nSPS) is 25.0. The van der Waals surface area contributed by atoms with Gasteiger partial charge in [-0.2, -0.15) is 0 Å². The summed E-state index contributed by atoms with van der Waals surface area (Å²) in [6.07, 6.45) is 14.9. The van der Waals surface area contributed by atoms with Crippen LogP contribution in [0, 0.1) is 36.4 Å². The van der Waals surface area contributed by atoms with Gasteiger partial charge in [-0.05, 0) is 110 Å². The minimum Gasteiger partial charge on any atom is -0.487 e. The molecule has 0 radical (unpaired) electrons. The van der Waals surface area contributed by atoms with E-state index in [9.17, 15) is 19.4 Å². The van der Waals surface area contributed by atoms with Gasteiger partial charge in [0.2, 0.25) is 11.7 Å². The van der Waals surface area contributed by atoms with Gasteiger partial charge in [-0.1, -0.05) is 74.0 Å². The SMILES string of the molecule is C=CCO[C@@]12Oc3ccc(OCc4cccc(C)n4)cc3[C@H]3[C@H](CCCCO)[C@@H](CCCCO)C=C(C(=NOC)C[C@@H]1N(Cc1ccc(F)cc1)C(=O)CCC1CCCC1)[C@H]32. The summed E-state index contributed by atoms with van der Waals surface area (Å²) in [7, 11) is 1.55. The van der Waals surface area contributed by atoms with Crippen LogP contribution in [0.5, 0.6) is 11.5 Å². The molecule has 2 N–H and O–H groups in total. The van der Waals surface area contributed by atoms with Gasteiger partial charge in [0.15, 0.2) is 0 Å². The minimum absolute atomic E-state index is 0.0105. The largest absolute Gasteiger partial charge is 0.487 e. The molecule has 4 aliphatic rings. The molecule has 0 spiro atoms. The number of unbranched alkanes of at least 4 members (excludes halogenated alkanes) is 2. The Morgan fingerprint density at radius 1 is 1.03 bits per heavy atom. The van der Waals surface area contributed by atoms with Gasteiger partial charge in [-0.15, -0.1) is 6.58 Å². The number of amides is 1. The molecule has 2 heterocycles. The van der Waals surface area contributed by atoms with E-state index in [0.29, 0.717) is 49.7 Å². The molecule has 0 unspecified atom stereocenters. The Kier molecular flexibility index (Phi) is 15.3. The van der Waals surface area contributed by atoms with E-state index in [-0.39, 0.29) is 55.8 Å². The van der Waals surface area contributed by atoms with Gasteiger partial charge in [0.25, 0.3) is 0 Å². The Morgan fingerprint density at radius 3 is 2.52 bits per heavy atom. The molecule has 1 amide bonds. The van der Waals surface area contributed by atoms with E-state index in [1.807, 2.05) is 42.2 Å². The molecule has 7 rings (SSSR count). The maximum Gasteiger partial charge on any atom is 0.239 e. The molecule has 3 aliphatic carbocycles. The van der Waals surface area contributed by atoms with E-state index >= 15 is 0 Å². The Labute approximate surface area is 360 Å². The van der Waals surface area contributed by atoms with Gasteiger partial charge in [0.05, 0.1) is 23.9 Å². The fourth-order valence-electron chi connectivity index (χ4n) is 10.6. The van der Waals surface area contributed by atoms with E-state index in [2.05, 4.69) is 23.7 Å². The highest BCUT2D eigenvalue weighted by Crippen LogP contribution is 2.62. The molecule has 3 aromatic rings. The van der Waals surface area contributed by atoms with E-state index in [1.165, 1.54) is 25.0 Å². The van der Waals surface area contributed by atoms with Crippen LogP contribution in [0.1, 0.15) is 112 Å². The summed E-state index contributed by atoms with van der Waals surface area (Å²) in [5.41, 5.74) is 5.24. The van der Waals surface area contributed by atoms with E-state index < -0.39 is 17.7 Å². The second-order valence-electron chi connectivity index (χ2n) is 17.4. The van der Waals surface area contributed by atoms with Crippen LogP contribution in [0.25, 0.3) is 0 Å². The number of hydrogen-bond donors (Lipinski definition) is 2. The number of ether oxygens (including phenoxy) is 3. The zero-order chi connectivity index (χ0) is 42.8. The van der Waals surface area contributed by atoms with Gasteiger partial charge < -0.3 is 34.2 Å². The summed E-state index contributed by atoms with van der Waals surface area (Å²) in [6, 6.07) is 17.6. The summed E-state index contributed by atoms with van der Waals surface area (Å²) in [4.78, 5) is 27.2. The highest BCUT2D eigenvalue weighted by atomic mass is 19.1. The Hall–Kier alpha value is -4.58. The number of benzene rings is 2. The average Bonchev–Trinajstić information content (AvgIpc) is 3.80. The molecule has 11 heteroatoms. The molecule has 6 atom stereocenters. The molecule has 2 fully saturated rings. The number of hydrogen-bond acceptors (Lipinski definition) is 9. The van der Waals surface area contributed by atoms with Crippen LogP contribution in [0.3, 0.4) is 0 Å². The maximum atomic E-state index is 15.0. The highest BCUT2D eigenvalue weighted by molar-refractivity contribution is 6.03. The standard InChI is InChI=1S/C50H64FN3O7/c1-4-28-60-50-46(54(32-36-18-21-38(51)22-19-36)47(57)25-20-35-13-5-6-14-35)31-44(53-58-3)42-29-37(15-7-9-26-55)41(17-8-10-27-56)48(49(42)50)43-30-40(23-24-45(43)61-50)59-33-39-16-11-12-34(2)52-39/h4,11-12,16,18-19,21-24,29-30,35,37,41,46,48-49,55-56H,1,5-10,13-15,17,20,25-28,31-33H2,2-3H3/t37-,41+,46-,48+,49+,50+/m0/s1. The number of nitrogens with zero attached hydrogens (tertiary/aromatic N) is 3. The fourth-order valence-corrected chi connectivity index (χ4v) is 10.6. The predicted octanol–water partition coefficient (Wildman–Crippen LogP) is 9.37. The van der Waals surface area contributed by atoms with Crippen molar-refractivity contribution < 1.29 is 38.4 Å². The van der Waals surface area contributed by atoms with E-state index in [4.69, 9.17) is 24.2 Å². The number of rotatable bonds is 21. The minimum atomic E-state index is -1.38. The van der Waals surface area contributed by atoms with Crippen molar-refractivity contribution in [2.75, 3.05) is 26.9 Å². The van der Waals surface area contributed by atoms with Crippen LogP contribution >= 0.6 is 0 Å². The first-order valence-electron chi connectivity index (χ1n) is 22.5. The van der Waals surface area contributed by atoms with Crippen LogP contribution in [0.4, 0.5) is 4.39 Å². The predicted molar refractivity (Wildman–Crippen MR) is 233 cm³/mol. The molecule has 328 valence electrons. The number of halogens is 1. The topological polar surface area (TPSA) is 123 Å². The second kappa shape index (κ2) is 21.0. The summed E-state index contributed by atoms with van der Waals surface area (Å²) < 4.78 is 35.3. The van der Waals surface area contributed by atoms with Crippen LogP contribution < -0.4 is 9.47 Å². The highest BCUT2D eigenvalue weighted by Gasteiger charge is 2.65. The van der Waals surface area contributed by atoms with Crippen molar-refractivity contribution >= 4 is 11.6 Å². The third-order valence-electron chi connectivity index (χ3n) is 13.4. The van der Waals surface area contributed by atoms with Crippen molar-refractivity contribution in [2.45, 2.75) is 121 Å². The van der Waals surface area contributed by atoms with Crippen molar-refractivity contribution in [1.29, 1.82) is 0 Å². The van der Waals surface area contributed by atoms with Crippen LogP contribution in [0.15, 0.2) is 90.1 Å². The molecule has 0 bridgehead atoms. The van der Waals surface area contributed by atoms with Crippen molar-refractivity contribution in [3.8, 4) is 11.5 Å². The average molecular weight is 838 g/mol. The fraction of sp³-hybridized carbons (Fsp3) is 0.540. The first kappa shape index (κ1) is 44.5. The quantitative estimate of drug-likeness (QED) is 0.0619. The van der Waals surface area contributed by atoms with E-state index in [1.54, 1.807) is 25.3 Å². The molecule has 0 saturated heterocycles. The molecule has 2 saturated carbocycles. The number of aromatic nitrogens is 1. The first-order chi connectivity index (χ1) is 29.8. The number of aliphatic hydroxyl groups is 2. The summed E-state index contributed by atoms with van der Waals surface area (Å²) in [5, 5.41) is 24.6. The van der Waals surface area contributed by atoms with Gasteiger partial charge in [0.1, 0.15) is 37.1 Å². The second-order valence-corrected chi connectivity index (χ2v) is 17.4. The van der Waals surface area contributed by atoms with Crippen LogP contribution in [-0.4, -0.2) is 70.5 Å². The maximum absolute atomic E-state index is 15.0. The van der Waals surface area contributed by atoms with Crippen molar-refractivity contribution in [2.24, 2.45) is 28.8 Å². The monoisotopic (exact) mass is 837 g/mol. The molecule has 61 heavy (non-hydrogen) atoms. The first-order valence-corrected chi connectivity index (χ1v) is 22.5. The van der Waals surface area contributed by atoms with Gasteiger partial charge in [0, 0.05) is 49.8 Å². The number of pyridine rings is 1. The number of allylic oxidation sites excluding steroid dienone is 1. The number of carbonyl (C=O) groups is 1. The van der Waals surface area contributed by atoms with Crippen molar-refractivity contribution in [1.82, 2.24) is 9.88 Å². The molecule has 1 aromatic heterocycles. The Bertz CT molecular complexity index is 2000. The molecule has 10 nitrogen and oxygen atoms in total. The summed E-state index contributed by atoms with van der Waals surface area (Å²) in [5.74, 6) is -0.318. The third kappa shape index (κ3) is 10.2. The van der Waals surface area contributed by atoms with Crippen LogP contribution in [-0.2, 0) is 27.5 Å². The van der Waals surface area contributed by atoms with Crippen molar-refractivity contribution in [3.05, 3.63) is 113 Å². The number of fused-ring (bicyclic) bond motifs is 2. The van der Waals surface area contributed by atoms with Gasteiger partial charge in [-0.3, -0.25) is 9.78 Å². The number of aryl methyl sites for hydroxylation is 1. The van der Waals surface area contributed by atoms with Gasteiger partial charge >= 0.3 is 0 Å². The lowest BCUT2D eigenvalue weighted by Crippen LogP contribution is -2.70. The molecular formula is C50H64FN3O7. The lowest BCUT2D eigenvalue weighted by Gasteiger charge is -2.60. The number of oxime groups is 1. The Balaban J connectivity index is 1.40. The Morgan fingerprint density at radius 2 is 1.80 bits per heavy atom. The molecule has 2 aromatic carbocycles. The van der Waals surface area contributed by atoms with Gasteiger partial charge in [-0.25, -0.2) is 4.39 Å². The van der Waals surface area contributed by atoms with E-state index in [0.717, 1.165) is 78.7 Å². The molecular weight excluding hydrogens is 774 g/mol. The number of aliphatic hydroxyl groups excluding tert-OH is 2. The molecule has 1 aliphatic heterocycles. The van der Waals surface area contributed by atoms with Crippen molar-refractivity contribution in [3.63, 3.8) is 0 Å². The summed E-state index contributed by atoms with van der Waals surface area (Å²) in [6.45, 7) is 6.92. The zero-order valence-corrected chi connectivity index (χ0v) is 36.0. The summed E-state index contributed by atoms with van der Waals surface area (Å²) >= 11 is 0. The zero-order valence-electron chi connectivity index (χ0n) is 36.0. The lowest BCUT2D eigenvalue weighted by atomic mass is 9.55. The third-order valence-corrected chi connectivity index (χ3v) is 13.4. The number of carbonyl (C=O) groups excluding carboxylic acids is 1.